The van der Waals surface area contributed by atoms with E-state index in [1.165, 1.54) is 13.2 Å². The molecule has 1 unspecified atom stereocenters. The summed E-state index contributed by atoms with van der Waals surface area (Å²) in [6, 6.07) is 5.31. The third-order valence-electron chi connectivity index (χ3n) is 3.14. The van der Waals surface area contributed by atoms with E-state index in [1.807, 2.05) is 6.07 Å². The zero-order chi connectivity index (χ0) is 13.1. The molecule has 0 amide bonds. The molecule has 18 heavy (non-hydrogen) atoms. The maximum atomic E-state index is 10.9. The largest absolute Gasteiger partial charge is 0.490 e. The van der Waals surface area contributed by atoms with Gasteiger partial charge in [-0.1, -0.05) is 0 Å². The van der Waals surface area contributed by atoms with E-state index in [4.69, 9.17) is 4.74 Å². The average molecular weight is 251 g/mol. The van der Waals surface area contributed by atoms with Crippen LogP contribution < -0.4 is 10.1 Å². The number of hydrogen-bond acceptors (Lipinski definition) is 5. The monoisotopic (exact) mass is 251 g/mol. The highest BCUT2D eigenvalue weighted by Crippen LogP contribution is 2.30. The predicted molar refractivity (Wildman–Crippen MR) is 69.2 cm³/mol. The van der Waals surface area contributed by atoms with Gasteiger partial charge in [-0.15, -0.1) is 0 Å². The summed E-state index contributed by atoms with van der Waals surface area (Å²) in [6.07, 6.45) is 1.05. The Kier molecular flexibility index (Phi) is 3.66. The Morgan fingerprint density at radius 2 is 2.33 bits per heavy atom. The molecule has 1 aromatic rings. The van der Waals surface area contributed by atoms with Gasteiger partial charge in [-0.3, -0.25) is 10.1 Å². The van der Waals surface area contributed by atoms with E-state index < -0.39 is 4.92 Å². The van der Waals surface area contributed by atoms with Crippen LogP contribution in [0.5, 0.6) is 5.75 Å². The van der Waals surface area contributed by atoms with Crippen LogP contribution in [0.4, 0.5) is 11.4 Å². The van der Waals surface area contributed by atoms with Crippen LogP contribution in [0.2, 0.25) is 0 Å². The van der Waals surface area contributed by atoms with Crippen molar-refractivity contribution in [2.75, 3.05) is 32.6 Å². The molecule has 0 bridgehead atoms. The second-order valence-corrected chi connectivity index (χ2v) is 4.54. The van der Waals surface area contributed by atoms with E-state index >= 15 is 0 Å². The lowest BCUT2D eigenvalue weighted by molar-refractivity contribution is -0.385. The van der Waals surface area contributed by atoms with Gasteiger partial charge in [-0.25, -0.2) is 0 Å². The number of ether oxygens (including phenoxy) is 1. The first-order chi connectivity index (χ1) is 8.60. The molecule has 1 heterocycles. The number of rotatable bonds is 4. The van der Waals surface area contributed by atoms with E-state index in [1.54, 1.807) is 6.07 Å². The number of benzene rings is 1. The molecule has 1 saturated heterocycles. The van der Waals surface area contributed by atoms with Crippen LogP contribution in [0, 0.1) is 10.1 Å². The van der Waals surface area contributed by atoms with Gasteiger partial charge >= 0.3 is 5.69 Å². The highest BCUT2D eigenvalue weighted by Gasteiger charge is 2.21. The molecule has 0 radical (unpaired) electrons. The van der Waals surface area contributed by atoms with Gasteiger partial charge in [0.05, 0.1) is 12.0 Å². The lowest BCUT2D eigenvalue weighted by Crippen LogP contribution is -2.23. The number of likely N-dealkylation sites (N-methyl/N-ethyl adjacent to an activating group) is 1. The topological polar surface area (TPSA) is 67.6 Å². The van der Waals surface area contributed by atoms with Crippen molar-refractivity contribution < 1.29 is 9.66 Å². The fourth-order valence-corrected chi connectivity index (χ4v) is 2.21. The standard InChI is InChI=1S/C12H17N3O3/c1-14-6-5-10(8-14)13-9-3-4-12(18-2)11(7-9)15(16)17/h3-4,7,10,13H,5-6,8H2,1-2H3. The van der Waals surface area contributed by atoms with Gasteiger partial charge in [-0.05, 0) is 32.1 Å². The minimum atomic E-state index is -0.426. The zero-order valence-corrected chi connectivity index (χ0v) is 10.5. The Labute approximate surface area is 106 Å². The van der Waals surface area contributed by atoms with Gasteiger partial charge in [0, 0.05) is 24.3 Å². The molecule has 0 aliphatic carbocycles. The van der Waals surface area contributed by atoms with Gasteiger partial charge in [0.1, 0.15) is 0 Å². The number of nitrogens with zero attached hydrogens (tertiary/aromatic N) is 2. The molecule has 1 aliphatic rings. The van der Waals surface area contributed by atoms with Crippen LogP contribution in [-0.4, -0.2) is 43.1 Å². The summed E-state index contributed by atoms with van der Waals surface area (Å²) in [7, 11) is 3.50. The molecular formula is C12H17N3O3. The summed E-state index contributed by atoms with van der Waals surface area (Å²) in [5.41, 5.74) is 0.761. The molecule has 6 nitrogen and oxygen atoms in total. The Hall–Kier alpha value is -1.82. The molecule has 1 aliphatic heterocycles. The first-order valence-corrected chi connectivity index (χ1v) is 5.87. The lowest BCUT2D eigenvalue weighted by Gasteiger charge is -2.14. The maximum Gasteiger partial charge on any atom is 0.312 e. The first-order valence-electron chi connectivity index (χ1n) is 5.87. The van der Waals surface area contributed by atoms with Crippen LogP contribution in [0.25, 0.3) is 0 Å². The predicted octanol–water partition coefficient (Wildman–Crippen LogP) is 1.72. The molecule has 0 aromatic heterocycles. The molecule has 1 fully saturated rings. The molecule has 2 rings (SSSR count). The molecular weight excluding hydrogens is 234 g/mol. The minimum Gasteiger partial charge on any atom is -0.490 e. The van der Waals surface area contributed by atoms with Gasteiger partial charge < -0.3 is 15.0 Å². The van der Waals surface area contributed by atoms with Crippen molar-refractivity contribution in [2.24, 2.45) is 0 Å². The number of hydrogen-bond donors (Lipinski definition) is 1. The van der Waals surface area contributed by atoms with Crippen LogP contribution in [0.15, 0.2) is 18.2 Å². The molecule has 6 heteroatoms. The maximum absolute atomic E-state index is 10.9. The van der Waals surface area contributed by atoms with Crippen molar-refractivity contribution in [2.45, 2.75) is 12.5 Å². The van der Waals surface area contributed by atoms with Gasteiger partial charge in [0.2, 0.25) is 0 Å². The van der Waals surface area contributed by atoms with E-state index in [0.717, 1.165) is 25.2 Å². The highest BCUT2D eigenvalue weighted by atomic mass is 16.6. The van der Waals surface area contributed by atoms with E-state index in [9.17, 15) is 10.1 Å². The average Bonchev–Trinajstić information content (AvgIpc) is 2.74. The third kappa shape index (κ3) is 2.70. The summed E-state index contributed by atoms with van der Waals surface area (Å²) < 4.78 is 4.97. The van der Waals surface area contributed by atoms with Crippen molar-refractivity contribution in [3.05, 3.63) is 28.3 Å². The fourth-order valence-electron chi connectivity index (χ4n) is 2.21. The number of nitro groups is 1. The lowest BCUT2D eigenvalue weighted by atomic mass is 10.2. The number of likely N-dealkylation sites (tertiary alicyclic amines) is 1. The smallest absolute Gasteiger partial charge is 0.312 e. The molecule has 1 aromatic carbocycles. The Morgan fingerprint density at radius 3 is 2.89 bits per heavy atom. The van der Waals surface area contributed by atoms with Crippen LogP contribution in [-0.2, 0) is 0 Å². The van der Waals surface area contributed by atoms with Crippen molar-refractivity contribution in [3.63, 3.8) is 0 Å². The number of nitrogens with one attached hydrogen (secondary N) is 1. The second kappa shape index (κ2) is 5.22. The quantitative estimate of drug-likeness (QED) is 0.652. The van der Waals surface area contributed by atoms with E-state index in [0.29, 0.717) is 6.04 Å². The number of anilines is 1. The van der Waals surface area contributed by atoms with Crippen molar-refractivity contribution in [1.29, 1.82) is 0 Å². The number of methoxy groups -OCH3 is 1. The normalized spacial score (nSPS) is 19.8. The fraction of sp³-hybridized carbons (Fsp3) is 0.500. The minimum absolute atomic E-state index is 0.00569. The van der Waals surface area contributed by atoms with Crippen molar-refractivity contribution >= 4 is 11.4 Å². The van der Waals surface area contributed by atoms with Crippen molar-refractivity contribution in [1.82, 2.24) is 4.90 Å². The van der Waals surface area contributed by atoms with E-state index in [2.05, 4.69) is 17.3 Å². The zero-order valence-electron chi connectivity index (χ0n) is 10.5. The van der Waals surface area contributed by atoms with E-state index in [-0.39, 0.29) is 11.4 Å². The number of nitro benzene ring substituents is 1. The summed E-state index contributed by atoms with van der Waals surface area (Å²) in [5.74, 6) is 0.286. The van der Waals surface area contributed by atoms with Gasteiger partial charge in [0.15, 0.2) is 5.75 Å². The Morgan fingerprint density at radius 1 is 1.56 bits per heavy atom. The molecule has 1 N–H and O–H groups in total. The highest BCUT2D eigenvalue weighted by molar-refractivity contribution is 5.58. The molecule has 0 saturated carbocycles. The first kappa shape index (κ1) is 12.6. The van der Waals surface area contributed by atoms with Crippen molar-refractivity contribution in [3.8, 4) is 5.75 Å². The van der Waals surface area contributed by atoms with Crippen LogP contribution >= 0.6 is 0 Å². The van der Waals surface area contributed by atoms with Gasteiger partial charge in [-0.2, -0.15) is 0 Å². The van der Waals surface area contributed by atoms with Crippen LogP contribution in [0.1, 0.15) is 6.42 Å². The SMILES string of the molecule is COc1ccc(NC2CCN(C)C2)cc1[N+](=O)[O-]. The molecule has 1 atom stereocenters. The summed E-state index contributed by atoms with van der Waals surface area (Å²) in [4.78, 5) is 12.7. The Bertz CT molecular complexity index is 450. The second-order valence-electron chi connectivity index (χ2n) is 4.54. The molecule has 0 spiro atoms. The Balaban J connectivity index is 2.14. The van der Waals surface area contributed by atoms with Gasteiger partial charge in [0.25, 0.3) is 0 Å². The summed E-state index contributed by atoms with van der Waals surface area (Å²) in [6.45, 7) is 2.01. The third-order valence-corrected chi connectivity index (χ3v) is 3.14. The summed E-state index contributed by atoms with van der Waals surface area (Å²) >= 11 is 0. The summed E-state index contributed by atoms with van der Waals surface area (Å²) in [5, 5.41) is 14.2. The molecule has 98 valence electrons. The van der Waals surface area contributed by atoms with Crippen LogP contribution in [0.3, 0.4) is 0 Å².